The van der Waals surface area contributed by atoms with Crippen molar-refractivity contribution in [1.82, 2.24) is 4.57 Å². The molecule has 0 radical (unpaired) electrons. The minimum atomic E-state index is 0.220. The van der Waals surface area contributed by atoms with Crippen LogP contribution in [0, 0.1) is 0 Å². The standard InChI is InChI=1S/C13H18N2O/c1-10(16-2)9-15-6-5-12-4-3-11(8-14)7-13(12)15/h3-7,10H,8-9,14H2,1-2H3. The molecule has 2 aromatic rings. The first-order valence-electron chi connectivity index (χ1n) is 5.55. The van der Waals surface area contributed by atoms with Crippen LogP contribution in [0.3, 0.4) is 0 Å². The zero-order chi connectivity index (χ0) is 11.5. The molecule has 1 unspecified atom stereocenters. The zero-order valence-corrected chi connectivity index (χ0v) is 9.81. The molecule has 0 aliphatic rings. The van der Waals surface area contributed by atoms with Crippen molar-refractivity contribution in [3.05, 3.63) is 36.0 Å². The average molecular weight is 218 g/mol. The number of methoxy groups -OCH3 is 1. The van der Waals surface area contributed by atoms with Crippen LogP contribution in [0.1, 0.15) is 12.5 Å². The molecule has 0 aliphatic carbocycles. The zero-order valence-electron chi connectivity index (χ0n) is 9.81. The third-order valence-corrected chi connectivity index (χ3v) is 2.93. The maximum absolute atomic E-state index is 5.65. The molecule has 0 bridgehead atoms. The highest BCUT2D eigenvalue weighted by molar-refractivity contribution is 5.80. The Morgan fingerprint density at radius 3 is 2.88 bits per heavy atom. The fourth-order valence-corrected chi connectivity index (χ4v) is 1.87. The molecule has 1 aromatic carbocycles. The molecular weight excluding hydrogens is 200 g/mol. The predicted molar refractivity (Wildman–Crippen MR) is 66.3 cm³/mol. The Bertz CT molecular complexity index is 476. The van der Waals surface area contributed by atoms with E-state index in [1.807, 2.05) is 0 Å². The number of rotatable bonds is 4. The van der Waals surface area contributed by atoms with Crippen LogP contribution in [-0.2, 0) is 17.8 Å². The Balaban J connectivity index is 2.38. The van der Waals surface area contributed by atoms with Gasteiger partial charge in [-0.3, -0.25) is 0 Å². The summed E-state index contributed by atoms with van der Waals surface area (Å²) in [5.41, 5.74) is 8.05. The fourth-order valence-electron chi connectivity index (χ4n) is 1.87. The lowest BCUT2D eigenvalue weighted by Gasteiger charge is -2.12. The molecule has 2 N–H and O–H groups in total. The van der Waals surface area contributed by atoms with Crippen molar-refractivity contribution in [3.8, 4) is 0 Å². The topological polar surface area (TPSA) is 40.2 Å². The summed E-state index contributed by atoms with van der Waals surface area (Å²) in [5, 5.41) is 1.25. The molecule has 16 heavy (non-hydrogen) atoms. The lowest BCUT2D eigenvalue weighted by atomic mass is 10.1. The van der Waals surface area contributed by atoms with E-state index in [2.05, 4.69) is 42.0 Å². The van der Waals surface area contributed by atoms with Crippen LogP contribution in [0.2, 0.25) is 0 Å². The average Bonchev–Trinajstić information content (AvgIpc) is 2.71. The summed E-state index contributed by atoms with van der Waals surface area (Å²) in [4.78, 5) is 0. The molecule has 1 heterocycles. The maximum Gasteiger partial charge on any atom is 0.0722 e. The van der Waals surface area contributed by atoms with Crippen LogP contribution in [0.15, 0.2) is 30.5 Å². The minimum Gasteiger partial charge on any atom is -0.380 e. The van der Waals surface area contributed by atoms with Gasteiger partial charge in [-0.25, -0.2) is 0 Å². The molecular formula is C13H18N2O. The number of nitrogens with two attached hydrogens (primary N) is 1. The Labute approximate surface area is 95.8 Å². The van der Waals surface area contributed by atoms with Crippen molar-refractivity contribution >= 4 is 10.9 Å². The van der Waals surface area contributed by atoms with Crippen LogP contribution < -0.4 is 5.73 Å². The molecule has 0 saturated heterocycles. The van der Waals surface area contributed by atoms with E-state index in [1.54, 1.807) is 7.11 Å². The monoisotopic (exact) mass is 218 g/mol. The van der Waals surface area contributed by atoms with Crippen LogP contribution in [-0.4, -0.2) is 17.8 Å². The van der Waals surface area contributed by atoms with E-state index < -0.39 is 0 Å². The molecule has 3 heteroatoms. The van der Waals surface area contributed by atoms with E-state index in [9.17, 15) is 0 Å². The van der Waals surface area contributed by atoms with Gasteiger partial charge in [0.15, 0.2) is 0 Å². The van der Waals surface area contributed by atoms with Crippen molar-refractivity contribution in [3.63, 3.8) is 0 Å². The van der Waals surface area contributed by atoms with E-state index in [0.29, 0.717) is 6.54 Å². The van der Waals surface area contributed by atoms with Gasteiger partial charge in [-0.1, -0.05) is 12.1 Å². The van der Waals surface area contributed by atoms with Crippen LogP contribution in [0.25, 0.3) is 10.9 Å². The molecule has 1 aromatic heterocycles. The molecule has 0 fully saturated rings. The Kier molecular flexibility index (Phi) is 3.27. The van der Waals surface area contributed by atoms with Crippen LogP contribution in [0.5, 0.6) is 0 Å². The first-order valence-corrected chi connectivity index (χ1v) is 5.55. The van der Waals surface area contributed by atoms with Gasteiger partial charge in [0.25, 0.3) is 0 Å². The highest BCUT2D eigenvalue weighted by Crippen LogP contribution is 2.18. The van der Waals surface area contributed by atoms with Crippen LogP contribution >= 0.6 is 0 Å². The Hall–Kier alpha value is -1.32. The van der Waals surface area contributed by atoms with Gasteiger partial charge in [-0.15, -0.1) is 0 Å². The smallest absolute Gasteiger partial charge is 0.0722 e. The van der Waals surface area contributed by atoms with E-state index in [4.69, 9.17) is 10.5 Å². The first-order chi connectivity index (χ1) is 7.74. The molecule has 0 amide bonds. The van der Waals surface area contributed by atoms with E-state index in [0.717, 1.165) is 12.1 Å². The van der Waals surface area contributed by atoms with Gasteiger partial charge in [-0.05, 0) is 30.0 Å². The summed E-state index contributed by atoms with van der Waals surface area (Å²) >= 11 is 0. The highest BCUT2D eigenvalue weighted by atomic mass is 16.5. The highest BCUT2D eigenvalue weighted by Gasteiger charge is 2.05. The molecule has 1 atom stereocenters. The van der Waals surface area contributed by atoms with Crippen molar-refractivity contribution in [2.75, 3.05) is 7.11 Å². The lowest BCUT2D eigenvalue weighted by Crippen LogP contribution is -2.13. The van der Waals surface area contributed by atoms with Gasteiger partial charge >= 0.3 is 0 Å². The van der Waals surface area contributed by atoms with Gasteiger partial charge in [-0.2, -0.15) is 0 Å². The SMILES string of the molecule is COC(C)Cn1ccc2ccc(CN)cc21. The van der Waals surface area contributed by atoms with Gasteiger partial charge in [0, 0.05) is 31.9 Å². The second kappa shape index (κ2) is 4.68. The summed E-state index contributed by atoms with van der Waals surface area (Å²) in [6, 6.07) is 8.47. The maximum atomic E-state index is 5.65. The van der Waals surface area contributed by atoms with Crippen LogP contribution in [0.4, 0.5) is 0 Å². The molecule has 0 aliphatic heterocycles. The Morgan fingerprint density at radius 2 is 2.19 bits per heavy atom. The summed E-state index contributed by atoms with van der Waals surface area (Å²) in [6.45, 7) is 3.52. The molecule has 86 valence electrons. The van der Waals surface area contributed by atoms with E-state index >= 15 is 0 Å². The third kappa shape index (κ3) is 2.10. The molecule has 3 nitrogen and oxygen atoms in total. The number of hydrogen-bond donors (Lipinski definition) is 1. The number of benzene rings is 1. The van der Waals surface area contributed by atoms with Gasteiger partial charge < -0.3 is 15.0 Å². The predicted octanol–water partition coefficient (Wildman–Crippen LogP) is 2.13. The fraction of sp³-hybridized carbons (Fsp3) is 0.385. The number of hydrogen-bond acceptors (Lipinski definition) is 2. The van der Waals surface area contributed by atoms with Crippen molar-refractivity contribution in [2.24, 2.45) is 5.73 Å². The summed E-state index contributed by atoms with van der Waals surface area (Å²) in [7, 11) is 1.74. The van der Waals surface area contributed by atoms with Gasteiger partial charge in [0.2, 0.25) is 0 Å². The number of nitrogens with zero attached hydrogens (tertiary/aromatic N) is 1. The van der Waals surface area contributed by atoms with E-state index in [1.165, 1.54) is 10.9 Å². The summed E-state index contributed by atoms with van der Waals surface area (Å²) in [6.07, 6.45) is 2.32. The third-order valence-electron chi connectivity index (χ3n) is 2.93. The van der Waals surface area contributed by atoms with Crippen molar-refractivity contribution in [1.29, 1.82) is 0 Å². The van der Waals surface area contributed by atoms with E-state index in [-0.39, 0.29) is 6.10 Å². The largest absolute Gasteiger partial charge is 0.380 e. The second-order valence-electron chi connectivity index (χ2n) is 4.11. The van der Waals surface area contributed by atoms with Crippen molar-refractivity contribution < 1.29 is 4.74 Å². The second-order valence-corrected chi connectivity index (χ2v) is 4.11. The molecule has 2 rings (SSSR count). The molecule has 0 spiro atoms. The minimum absolute atomic E-state index is 0.220. The summed E-state index contributed by atoms with van der Waals surface area (Å²) < 4.78 is 7.49. The van der Waals surface area contributed by atoms with Gasteiger partial charge in [0.1, 0.15) is 0 Å². The quantitative estimate of drug-likeness (QED) is 0.854. The number of fused-ring (bicyclic) bond motifs is 1. The number of aromatic nitrogens is 1. The first kappa shape index (κ1) is 11.2. The lowest BCUT2D eigenvalue weighted by molar-refractivity contribution is 0.104. The van der Waals surface area contributed by atoms with Gasteiger partial charge in [0.05, 0.1) is 6.10 Å². The van der Waals surface area contributed by atoms with Crippen molar-refractivity contribution in [2.45, 2.75) is 26.1 Å². The Morgan fingerprint density at radius 1 is 1.38 bits per heavy atom. The summed E-state index contributed by atoms with van der Waals surface area (Å²) in [5.74, 6) is 0. The number of ether oxygens (including phenoxy) is 1. The molecule has 0 saturated carbocycles. The normalized spacial score (nSPS) is 13.2.